The van der Waals surface area contributed by atoms with Gasteiger partial charge in [0.15, 0.2) is 0 Å². The van der Waals surface area contributed by atoms with Crippen LogP contribution in [0.3, 0.4) is 0 Å². The van der Waals surface area contributed by atoms with Gasteiger partial charge in [-0.3, -0.25) is 14.4 Å². The second kappa shape index (κ2) is 11.5. The molecule has 1 atom stereocenters. The minimum Gasteiger partial charge on any atom is -0.444 e. The molecule has 10 heteroatoms. The third-order valence-corrected chi connectivity index (χ3v) is 6.68. The molecule has 166 valence electrons. The summed E-state index contributed by atoms with van der Waals surface area (Å²) in [6.45, 7) is 6.24. The summed E-state index contributed by atoms with van der Waals surface area (Å²) in [7, 11) is 1.41. The second-order valence-corrected chi connectivity index (χ2v) is 10.3. The normalized spacial score (nSPS) is 12.7. The van der Waals surface area contributed by atoms with E-state index in [1.54, 1.807) is 24.2 Å². The number of hydrogen-bond acceptors (Lipinski definition) is 8. The second-order valence-electron chi connectivity index (χ2n) is 7.96. The molecule has 0 aromatic carbocycles. The number of nitrogens with one attached hydrogen (secondary N) is 1. The van der Waals surface area contributed by atoms with Crippen molar-refractivity contribution in [2.45, 2.75) is 74.2 Å². The summed E-state index contributed by atoms with van der Waals surface area (Å²) >= 11 is 3.06. The van der Waals surface area contributed by atoms with E-state index in [0.29, 0.717) is 24.5 Å². The molecule has 0 saturated carbocycles. The van der Waals surface area contributed by atoms with Crippen molar-refractivity contribution in [2.75, 3.05) is 7.11 Å². The summed E-state index contributed by atoms with van der Waals surface area (Å²) in [6.07, 6.45) is 6.90. The lowest BCUT2D eigenvalue weighted by Gasteiger charge is -2.12. The van der Waals surface area contributed by atoms with Crippen molar-refractivity contribution in [3.63, 3.8) is 0 Å². The van der Waals surface area contributed by atoms with Gasteiger partial charge in [-0.1, -0.05) is 33.6 Å². The number of thioether (sulfide) groups is 1. The molecule has 3 N–H and O–H groups in total. The Morgan fingerprint density at radius 2 is 2.03 bits per heavy atom. The van der Waals surface area contributed by atoms with E-state index in [-0.39, 0.29) is 17.2 Å². The van der Waals surface area contributed by atoms with E-state index in [9.17, 15) is 9.59 Å². The number of carbonyl (C=O) groups excluding carboxylic acids is 2. The first-order valence-electron chi connectivity index (χ1n) is 9.85. The van der Waals surface area contributed by atoms with Crippen LogP contribution in [-0.4, -0.2) is 28.9 Å². The minimum absolute atomic E-state index is 0.0735. The average molecular weight is 455 g/mol. The summed E-state index contributed by atoms with van der Waals surface area (Å²) in [6, 6.07) is 0. The SMILES string of the molecule is CONC(=O)CCCCCC(C(N)=O)c1ncc(SCc2ncc(C(C)(C)C)o2)s1. The Balaban J connectivity index is 1.83. The summed E-state index contributed by atoms with van der Waals surface area (Å²) < 4.78 is 6.80. The van der Waals surface area contributed by atoms with E-state index in [0.717, 1.165) is 34.2 Å². The molecule has 0 aliphatic carbocycles. The number of aromatic nitrogens is 2. The van der Waals surface area contributed by atoms with Crippen LogP contribution in [0.15, 0.2) is 21.0 Å². The monoisotopic (exact) mass is 454 g/mol. The topological polar surface area (TPSA) is 120 Å². The van der Waals surface area contributed by atoms with Gasteiger partial charge in [-0.05, 0) is 12.8 Å². The third-order valence-electron chi connectivity index (χ3n) is 4.39. The highest BCUT2D eigenvalue weighted by molar-refractivity contribution is 8.00. The number of rotatable bonds is 12. The molecule has 2 rings (SSSR count). The first kappa shape index (κ1) is 24.4. The molecule has 2 aromatic rings. The maximum absolute atomic E-state index is 11.9. The molecular weight excluding hydrogens is 424 g/mol. The van der Waals surface area contributed by atoms with Crippen molar-refractivity contribution >= 4 is 34.9 Å². The molecule has 0 spiro atoms. The molecule has 2 aromatic heterocycles. The van der Waals surface area contributed by atoms with Crippen molar-refractivity contribution in [3.05, 3.63) is 29.1 Å². The Bertz CT molecular complexity index is 829. The Morgan fingerprint density at radius 1 is 1.27 bits per heavy atom. The number of hydroxylamine groups is 1. The molecule has 2 amide bonds. The molecule has 0 aliphatic rings. The lowest BCUT2D eigenvalue weighted by atomic mass is 9.94. The van der Waals surface area contributed by atoms with Gasteiger partial charge in [0.05, 0.1) is 35.4 Å². The van der Waals surface area contributed by atoms with Crippen molar-refractivity contribution in [1.82, 2.24) is 15.4 Å². The largest absolute Gasteiger partial charge is 0.444 e. The molecular formula is C20H30N4O4S2. The number of nitrogens with zero attached hydrogens (tertiary/aromatic N) is 2. The van der Waals surface area contributed by atoms with Gasteiger partial charge in [0.2, 0.25) is 17.7 Å². The predicted molar refractivity (Wildman–Crippen MR) is 117 cm³/mol. The fraction of sp³-hybridized carbons (Fsp3) is 0.600. The number of hydrogen-bond donors (Lipinski definition) is 2. The van der Waals surface area contributed by atoms with E-state index in [1.807, 2.05) is 0 Å². The molecule has 2 heterocycles. The highest BCUT2D eigenvalue weighted by Crippen LogP contribution is 2.34. The minimum atomic E-state index is -0.411. The van der Waals surface area contributed by atoms with Crippen molar-refractivity contribution in [3.8, 4) is 0 Å². The fourth-order valence-corrected chi connectivity index (χ4v) is 4.71. The molecule has 0 bridgehead atoms. The van der Waals surface area contributed by atoms with Gasteiger partial charge in [-0.25, -0.2) is 15.4 Å². The Kier molecular flexibility index (Phi) is 9.32. The number of carbonyl (C=O) groups is 2. The smallest absolute Gasteiger partial charge is 0.243 e. The standard InChI is InChI=1S/C20H30N4O4S2/c1-20(2,3)14-10-22-16(28-14)12-29-17-11-23-19(30-17)13(18(21)26)8-6-5-7-9-15(25)24-27-4/h10-11,13H,5-9,12H2,1-4H3,(H2,21,26)(H,24,25). The van der Waals surface area contributed by atoms with E-state index in [1.165, 1.54) is 18.4 Å². The number of unbranched alkanes of at least 4 members (excludes halogenated alkanes) is 2. The van der Waals surface area contributed by atoms with Crippen LogP contribution in [-0.2, 0) is 25.6 Å². The molecule has 0 fully saturated rings. The van der Waals surface area contributed by atoms with Gasteiger partial charge in [0.25, 0.3) is 0 Å². The van der Waals surface area contributed by atoms with Crippen molar-refractivity contribution < 1.29 is 18.8 Å². The summed E-state index contributed by atoms with van der Waals surface area (Å²) in [5.74, 6) is 1.20. The van der Waals surface area contributed by atoms with E-state index >= 15 is 0 Å². The number of nitrogens with two attached hydrogens (primary N) is 1. The van der Waals surface area contributed by atoms with Gasteiger partial charge in [0, 0.05) is 11.8 Å². The van der Waals surface area contributed by atoms with Gasteiger partial charge in [-0.2, -0.15) is 0 Å². The van der Waals surface area contributed by atoms with Crippen LogP contribution >= 0.6 is 23.1 Å². The zero-order valence-corrected chi connectivity index (χ0v) is 19.5. The molecule has 0 saturated heterocycles. The molecule has 0 aliphatic heterocycles. The van der Waals surface area contributed by atoms with Gasteiger partial charge >= 0.3 is 0 Å². The van der Waals surface area contributed by atoms with Crippen LogP contribution in [0, 0.1) is 0 Å². The van der Waals surface area contributed by atoms with Gasteiger partial charge in [0.1, 0.15) is 10.8 Å². The summed E-state index contributed by atoms with van der Waals surface area (Å²) in [5, 5.41) is 0.727. The number of primary amides is 1. The maximum atomic E-state index is 11.9. The van der Waals surface area contributed by atoms with Crippen LogP contribution < -0.4 is 11.2 Å². The highest BCUT2D eigenvalue weighted by atomic mass is 32.2. The first-order chi connectivity index (χ1) is 14.2. The zero-order chi connectivity index (χ0) is 22.1. The predicted octanol–water partition coefficient (Wildman–Crippen LogP) is 3.92. The Morgan fingerprint density at radius 3 is 2.67 bits per heavy atom. The maximum Gasteiger partial charge on any atom is 0.243 e. The van der Waals surface area contributed by atoms with Crippen LogP contribution in [0.25, 0.3) is 0 Å². The Hall–Kier alpha value is -1.91. The fourth-order valence-electron chi connectivity index (χ4n) is 2.72. The molecule has 30 heavy (non-hydrogen) atoms. The third kappa shape index (κ3) is 7.73. The molecule has 8 nitrogen and oxygen atoms in total. The van der Waals surface area contributed by atoms with Crippen LogP contribution in [0.4, 0.5) is 0 Å². The average Bonchev–Trinajstić information content (AvgIpc) is 3.32. The van der Waals surface area contributed by atoms with Crippen molar-refractivity contribution in [1.29, 1.82) is 0 Å². The summed E-state index contributed by atoms with van der Waals surface area (Å²) in [4.78, 5) is 36.6. The van der Waals surface area contributed by atoms with E-state index in [4.69, 9.17) is 10.2 Å². The molecule has 0 radical (unpaired) electrons. The zero-order valence-electron chi connectivity index (χ0n) is 17.9. The van der Waals surface area contributed by atoms with Gasteiger partial charge in [-0.15, -0.1) is 23.1 Å². The van der Waals surface area contributed by atoms with Crippen LogP contribution in [0.5, 0.6) is 0 Å². The van der Waals surface area contributed by atoms with Crippen LogP contribution in [0.2, 0.25) is 0 Å². The quantitative estimate of drug-likeness (QED) is 0.283. The number of oxazole rings is 1. The highest BCUT2D eigenvalue weighted by Gasteiger charge is 2.22. The number of thiazole rings is 1. The Labute approximate surface area is 185 Å². The van der Waals surface area contributed by atoms with Crippen LogP contribution in [0.1, 0.15) is 75.5 Å². The van der Waals surface area contributed by atoms with Crippen molar-refractivity contribution in [2.24, 2.45) is 5.73 Å². The van der Waals surface area contributed by atoms with E-state index in [2.05, 4.69) is 41.1 Å². The first-order valence-corrected chi connectivity index (χ1v) is 11.7. The van der Waals surface area contributed by atoms with E-state index < -0.39 is 5.92 Å². The number of amides is 2. The summed E-state index contributed by atoms with van der Waals surface area (Å²) in [5.41, 5.74) is 7.82. The lowest BCUT2D eigenvalue weighted by molar-refractivity contribution is -0.131. The molecule has 1 unspecified atom stereocenters. The van der Waals surface area contributed by atoms with Gasteiger partial charge < -0.3 is 10.2 Å². The lowest BCUT2D eigenvalue weighted by Crippen LogP contribution is -2.22.